The Balaban J connectivity index is 1.90. The van der Waals surface area contributed by atoms with Crippen LogP contribution in [0.2, 0.25) is 0 Å². The lowest BCUT2D eigenvalue weighted by molar-refractivity contribution is 0.290. The lowest BCUT2D eigenvalue weighted by atomic mass is 10.2. The van der Waals surface area contributed by atoms with Crippen LogP contribution in [-0.2, 0) is 13.2 Å². The normalized spacial score (nSPS) is 10.8. The Bertz CT molecular complexity index is 737. The van der Waals surface area contributed by atoms with Gasteiger partial charge in [-0.05, 0) is 31.2 Å². The van der Waals surface area contributed by atoms with E-state index in [2.05, 4.69) is 15.1 Å². The molecule has 2 heterocycles. The van der Waals surface area contributed by atoms with Crippen LogP contribution in [0.1, 0.15) is 12.7 Å². The summed E-state index contributed by atoms with van der Waals surface area (Å²) in [7, 11) is 0. The molecule has 6 heteroatoms. The Morgan fingerprint density at radius 2 is 2.15 bits per heavy atom. The van der Waals surface area contributed by atoms with Crippen molar-refractivity contribution in [3.63, 3.8) is 0 Å². The topological polar surface area (TPSA) is 78.8 Å². The fourth-order valence-corrected chi connectivity index (χ4v) is 2.09. The minimum absolute atomic E-state index is 0.351. The molecule has 20 heavy (non-hydrogen) atoms. The van der Waals surface area contributed by atoms with Crippen LogP contribution in [0.25, 0.3) is 10.9 Å². The van der Waals surface area contributed by atoms with Crippen LogP contribution in [0.4, 0.5) is 5.69 Å². The van der Waals surface area contributed by atoms with E-state index in [4.69, 9.17) is 10.5 Å². The monoisotopic (exact) mass is 269 g/mol. The molecule has 0 fully saturated rings. The number of pyridine rings is 1. The second-order valence-corrected chi connectivity index (χ2v) is 4.33. The zero-order valence-electron chi connectivity index (χ0n) is 11.2. The van der Waals surface area contributed by atoms with Crippen LogP contribution in [-0.4, -0.2) is 19.7 Å². The predicted octanol–water partition coefficient (Wildman–Crippen LogP) is 2.01. The number of nitrogens with zero attached hydrogens (tertiary/aromatic N) is 4. The molecule has 102 valence electrons. The third kappa shape index (κ3) is 2.16. The fraction of sp³-hybridized carbons (Fsp3) is 0.214. The molecule has 0 radical (unpaired) electrons. The number of aromatic nitrogens is 4. The summed E-state index contributed by atoms with van der Waals surface area (Å²) in [6.07, 6.45) is 3.25. The molecule has 0 bridgehead atoms. The quantitative estimate of drug-likeness (QED) is 0.733. The van der Waals surface area contributed by atoms with Crippen LogP contribution in [0.5, 0.6) is 5.75 Å². The minimum Gasteiger partial charge on any atom is -0.483 e. The molecular formula is C14H15N5O. The van der Waals surface area contributed by atoms with Crippen LogP contribution in [0.3, 0.4) is 0 Å². The molecule has 0 unspecified atom stereocenters. The van der Waals surface area contributed by atoms with Gasteiger partial charge in [-0.15, -0.1) is 0 Å². The molecule has 3 rings (SSSR count). The number of rotatable bonds is 4. The highest BCUT2D eigenvalue weighted by molar-refractivity contribution is 5.94. The molecule has 0 saturated heterocycles. The molecule has 0 aliphatic carbocycles. The molecule has 0 aliphatic heterocycles. The number of aryl methyl sites for hydroxylation is 1. The summed E-state index contributed by atoms with van der Waals surface area (Å²) in [6.45, 7) is 3.13. The largest absolute Gasteiger partial charge is 0.483 e. The summed E-state index contributed by atoms with van der Waals surface area (Å²) in [5.74, 6) is 1.48. The third-order valence-corrected chi connectivity index (χ3v) is 3.12. The number of nitrogen functional groups attached to an aromatic ring is 1. The molecule has 0 atom stereocenters. The molecule has 0 aliphatic rings. The Morgan fingerprint density at radius 1 is 1.25 bits per heavy atom. The fourth-order valence-electron chi connectivity index (χ4n) is 2.09. The van der Waals surface area contributed by atoms with Crippen LogP contribution in [0.15, 0.2) is 36.8 Å². The van der Waals surface area contributed by atoms with Gasteiger partial charge in [0, 0.05) is 23.8 Å². The van der Waals surface area contributed by atoms with E-state index < -0.39 is 0 Å². The van der Waals surface area contributed by atoms with E-state index in [0.29, 0.717) is 18.0 Å². The molecule has 0 saturated carbocycles. The highest BCUT2D eigenvalue weighted by atomic mass is 16.5. The number of hydrogen-bond acceptors (Lipinski definition) is 5. The van der Waals surface area contributed by atoms with Crippen molar-refractivity contribution < 1.29 is 4.74 Å². The van der Waals surface area contributed by atoms with Crippen molar-refractivity contribution in [2.24, 2.45) is 0 Å². The Morgan fingerprint density at radius 3 is 3.00 bits per heavy atom. The average molecular weight is 269 g/mol. The van der Waals surface area contributed by atoms with E-state index in [1.165, 1.54) is 6.33 Å². The molecule has 2 N–H and O–H groups in total. The minimum atomic E-state index is 0.351. The maximum absolute atomic E-state index is 5.94. The van der Waals surface area contributed by atoms with Gasteiger partial charge in [-0.3, -0.25) is 4.98 Å². The van der Waals surface area contributed by atoms with Gasteiger partial charge in [0.05, 0.1) is 0 Å². The molecule has 1 aromatic carbocycles. The molecule has 2 aromatic heterocycles. The summed E-state index contributed by atoms with van der Waals surface area (Å²) in [6, 6.07) is 7.44. The maximum atomic E-state index is 5.94. The number of benzene rings is 1. The van der Waals surface area contributed by atoms with Crippen molar-refractivity contribution in [3.05, 3.63) is 42.6 Å². The van der Waals surface area contributed by atoms with Crippen LogP contribution in [0, 0.1) is 0 Å². The Hall–Kier alpha value is -2.63. The SMILES string of the molecule is CCn1ncnc1COc1ccc(N)c2cccnc12. The van der Waals surface area contributed by atoms with Gasteiger partial charge in [0.15, 0.2) is 5.82 Å². The summed E-state index contributed by atoms with van der Waals surface area (Å²) in [4.78, 5) is 8.52. The summed E-state index contributed by atoms with van der Waals surface area (Å²) in [5.41, 5.74) is 7.39. The van der Waals surface area contributed by atoms with Crippen LogP contribution >= 0.6 is 0 Å². The smallest absolute Gasteiger partial charge is 0.164 e. The standard InChI is InChI=1S/C14H15N5O/c1-2-19-13(17-9-18-19)8-20-12-6-5-11(15)10-4-3-7-16-14(10)12/h3-7,9H,2,8,15H2,1H3. The number of hydrogen-bond donors (Lipinski definition) is 1. The highest BCUT2D eigenvalue weighted by Gasteiger charge is 2.08. The first-order valence-corrected chi connectivity index (χ1v) is 6.42. The number of ether oxygens (including phenoxy) is 1. The maximum Gasteiger partial charge on any atom is 0.164 e. The van der Waals surface area contributed by atoms with E-state index in [1.54, 1.807) is 10.9 Å². The van der Waals surface area contributed by atoms with Gasteiger partial charge in [0.25, 0.3) is 0 Å². The van der Waals surface area contributed by atoms with E-state index in [-0.39, 0.29) is 0 Å². The predicted molar refractivity (Wildman–Crippen MR) is 76.2 cm³/mol. The first kappa shape index (κ1) is 12.4. The second-order valence-electron chi connectivity index (χ2n) is 4.33. The molecule has 3 aromatic rings. The van der Waals surface area contributed by atoms with Gasteiger partial charge in [0.2, 0.25) is 0 Å². The van der Waals surface area contributed by atoms with Crippen molar-refractivity contribution in [2.75, 3.05) is 5.73 Å². The van der Waals surface area contributed by atoms with Gasteiger partial charge in [-0.2, -0.15) is 5.10 Å². The second kappa shape index (κ2) is 5.16. The zero-order chi connectivity index (χ0) is 13.9. The summed E-state index contributed by atoms with van der Waals surface area (Å²) in [5, 5.41) is 5.00. The number of anilines is 1. The lowest BCUT2D eigenvalue weighted by Crippen LogP contribution is -2.07. The van der Waals surface area contributed by atoms with Gasteiger partial charge in [-0.25, -0.2) is 9.67 Å². The van der Waals surface area contributed by atoms with E-state index in [9.17, 15) is 0 Å². The number of nitrogens with two attached hydrogens (primary N) is 1. The average Bonchev–Trinajstić information content (AvgIpc) is 2.94. The lowest BCUT2D eigenvalue weighted by Gasteiger charge is -2.10. The first-order valence-electron chi connectivity index (χ1n) is 6.42. The van der Waals surface area contributed by atoms with Crippen molar-refractivity contribution >= 4 is 16.6 Å². The van der Waals surface area contributed by atoms with Crippen LogP contribution < -0.4 is 10.5 Å². The van der Waals surface area contributed by atoms with Crippen molar-refractivity contribution in [3.8, 4) is 5.75 Å². The van der Waals surface area contributed by atoms with Crippen molar-refractivity contribution in [1.82, 2.24) is 19.7 Å². The molecule has 0 spiro atoms. The molecule has 0 amide bonds. The zero-order valence-corrected chi connectivity index (χ0v) is 11.2. The van der Waals surface area contributed by atoms with Crippen molar-refractivity contribution in [2.45, 2.75) is 20.1 Å². The van der Waals surface area contributed by atoms with Crippen molar-refractivity contribution in [1.29, 1.82) is 0 Å². The third-order valence-electron chi connectivity index (χ3n) is 3.12. The first-order chi connectivity index (χ1) is 9.79. The summed E-state index contributed by atoms with van der Waals surface area (Å²) >= 11 is 0. The Kier molecular flexibility index (Phi) is 3.20. The molecular weight excluding hydrogens is 254 g/mol. The highest BCUT2D eigenvalue weighted by Crippen LogP contribution is 2.28. The summed E-state index contributed by atoms with van der Waals surface area (Å²) < 4.78 is 7.62. The Labute approximate surface area is 116 Å². The number of fused-ring (bicyclic) bond motifs is 1. The van der Waals surface area contributed by atoms with Gasteiger partial charge in [0.1, 0.15) is 24.2 Å². The van der Waals surface area contributed by atoms with E-state index >= 15 is 0 Å². The van der Waals surface area contributed by atoms with E-state index in [0.717, 1.165) is 23.3 Å². The van der Waals surface area contributed by atoms with Gasteiger partial charge < -0.3 is 10.5 Å². The van der Waals surface area contributed by atoms with Gasteiger partial charge >= 0.3 is 0 Å². The molecule has 6 nitrogen and oxygen atoms in total. The van der Waals surface area contributed by atoms with Gasteiger partial charge in [-0.1, -0.05) is 0 Å². The van der Waals surface area contributed by atoms with E-state index in [1.807, 2.05) is 31.2 Å².